The lowest BCUT2D eigenvalue weighted by atomic mass is 9.84. The van der Waals surface area contributed by atoms with Gasteiger partial charge >= 0.3 is 0 Å². The Bertz CT molecular complexity index is 2910. The first-order valence-corrected chi connectivity index (χ1v) is 24.8. The molecule has 4 N–H and O–H groups in total. The molecule has 9 heteroatoms. The molecule has 71 heavy (non-hydrogen) atoms. The molecule has 10 rings (SSSR count). The highest BCUT2D eigenvalue weighted by atomic mass is 32.2. The van der Waals surface area contributed by atoms with E-state index in [2.05, 4.69) is 146 Å². The van der Waals surface area contributed by atoms with Crippen molar-refractivity contribution in [3.8, 4) is 23.0 Å². The normalized spacial score (nSPS) is 14.9. The van der Waals surface area contributed by atoms with E-state index in [0.717, 1.165) is 43.2 Å². The van der Waals surface area contributed by atoms with Crippen molar-refractivity contribution in [3.63, 3.8) is 0 Å². The summed E-state index contributed by atoms with van der Waals surface area (Å²) in [7, 11) is 0. The van der Waals surface area contributed by atoms with Crippen LogP contribution in [0.5, 0.6) is 23.0 Å². The molecule has 2 unspecified atom stereocenters. The van der Waals surface area contributed by atoms with E-state index in [-0.39, 0.29) is 64.7 Å². The molecule has 8 aromatic carbocycles. The van der Waals surface area contributed by atoms with Crippen LogP contribution in [0.3, 0.4) is 0 Å². The maximum atomic E-state index is 9.39. The van der Waals surface area contributed by atoms with Crippen LogP contribution in [0.2, 0.25) is 0 Å². The minimum absolute atomic E-state index is 0.0442. The molecule has 0 saturated carbocycles. The summed E-state index contributed by atoms with van der Waals surface area (Å²) in [4.78, 5) is 2.26. The lowest BCUT2D eigenvalue weighted by Gasteiger charge is -2.20. The maximum absolute atomic E-state index is 9.39. The van der Waals surface area contributed by atoms with Crippen LogP contribution in [0.25, 0.3) is 22.3 Å². The third-order valence-corrected chi connectivity index (χ3v) is 13.9. The molecule has 0 radical (unpaired) electrons. The average molecular weight is 959 g/mol. The SMILES string of the molecule is OCCOc1ccc(C2=C(c3ccc(OCCO)cc3)C(c3ccc(Sc4ccc(C5C(c6ccc(OCCO)cc6)=C(c6ccc(OCCO)cc6)c6ccccc65)cc4)cc3)c3ccccc32)cc1. The zero-order valence-corrected chi connectivity index (χ0v) is 39.9. The van der Waals surface area contributed by atoms with Crippen molar-refractivity contribution >= 4 is 34.1 Å². The van der Waals surface area contributed by atoms with Gasteiger partial charge in [0.25, 0.3) is 0 Å². The van der Waals surface area contributed by atoms with E-state index in [1.54, 1.807) is 11.8 Å². The zero-order chi connectivity index (χ0) is 48.5. The molecule has 0 amide bonds. The fourth-order valence-electron chi connectivity index (χ4n) is 9.92. The molecular formula is C62H54O8S. The molecule has 2 aliphatic carbocycles. The van der Waals surface area contributed by atoms with Gasteiger partial charge in [0.05, 0.1) is 26.4 Å². The number of hydrogen-bond acceptors (Lipinski definition) is 9. The van der Waals surface area contributed by atoms with Gasteiger partial charge in [0.2, 0.25) is 0 Å². The Morgan fingerprint density at radius 1 is 0.324 bits per heavy atom. The van der Waals surface area contributed by atoms with Crippen molar-refractivity contribution in [1.82, 2.24) is 0 Å². The number of allylic oxidation sites excluding steroid dienone is 2. The van der Waals surface area contributed by atoms with Gasteiger partial charge in [-0.1, -0.05) is 133 Å². The fourth-order valence-corrected chi connectivity index (χ4v) is 10.7. The molecule has 356 valence electrons. The minimum Gasteiger partial charge on any atom is -0.491 e. The van der Waals surface area contributed by atoms with Gasteiger partial charge in [-0.3, -0.25) is 0 Å². The van der Waals surface area contributed by atoms with Crippen LogP contribution in [0.4, 0.5) is 0 Å². The van der Waals surface area contributed by atoms with Crippen LogP contribution in [0, 0.1) is 0 Å². The molecule has 0 saturated heterocycles. The van der Waals surface area contributed by atoms with E-state index in [9.17, 15) is 20.4 Å². The monoisotopic (exact) mass is 958 g/mol. The van der Waals surface area contributed by atoms with Crippen molar-refractivity contribution in [2.75, 3.05) is 52.9 Å². The van der Waals surface area contributed by atoms with E-state index in [0.29, 0.717) is 23.0 Å². The first-order valence-electron chi connectivity index (χ1n) is 24.0. The second-order valence-corrected chi connectivity index (χ2v) is 18.4. The summed E-state index contributed by atoms with van der Waals surface area (Å²) in [5.41, 5.74) is 16.2. The van der Waals surface area contributed by atoms with E-state index in [1.807, 2.05) is 48.5 Å². The van der Waals surface area contributed by atoms with Crippen molar-refractivity contribution in [1.29, 1.82) is 0 Å². The number of benzene rings is 8. The summed E-state index contributed by atoms with van der Waals surface area (Å²) in [5, 5.41) is 37.5. The Kier molecular flexibility index (Phi) is 14.8. The molecule has 0 spiro atoms. The molecule has 8 nitrogen and oxygen atoms in total. The Hall–Kier alpha value is -7.37. The molecule has 2 aliphatic rings. The number of aliphatic hydroxyl groups excluding tert-OH is 4. The van der Waals surface area contributed by atoms with Gasteiger partial charge in [-0.2, -0.15) is 0 Å². The molecule has 0 fully saturated rings. The van der Waals surface area contributed by atoms with Crippen molar-refractivity contribution < 1.29 is 39.4 Å². The average Bonchev–Trinajstić information content (AvgIpc) is 3.96. The van der Waals surface area contributed by atoms with Crippen molar-refractivity contribution in [3.05, 3.63) is 250 Å². The Morgan fingerprint density at radius 3 is 0.930 bits per heavy atom. The summed E-state index contributed by atoms with van der Waals surface area (Å²) in [6.45, 7) is 0.726. The highest BCUT2D eigenvalue weighted by Gasteiger charge is 2.35. The molecule has 0 bridgehead atoms. The highest BCUT2D eigenvalue weighted by molar-refractivity contribution is 7.99. The number of rotatable bonds is 20. The van der Waals surface area contributed by atoms with Crippen LogP contribution < -0.4 is 18.9 Å². The van der Waals surface area contributed by atoms with Gasteiger partial charge in [0.15, 0.2) is 0 Å². The van der Waals surface area contributed by atoms with Crippen molar-refractivity contribution in [2.24, 2.45) is 0 Å². The van der Waals surface area contributed by atoms with E-state index in [4.69, 9.17) is 18.9 Å². The van der Waals surface area contributed by atoms with E-state index >= 15 is 0 Å². The van der Waals surface area contributed by atoms with Gasteiger partial charge in [-0.25, -0.2) is 0 Å². The number of aliphatic hydroxyl groups is 4. The Balaban J connectivity index is 0.966. The lowest BCUT2D eigenvalue weighted by molar-refractivity contribution is 0.201. The summed E-state index contributed by atoms with van der Waals surface area (Å²) in [6, 6.07) is 67.7. The number of fused-ring (bicyclic) bond motifs is 2. The lowest BCUT2D eigenvalue weighted by Crippen LogP contribution is -2.03. The fraction of sp³-hybridized carbons (Fsp3) is 0.161. The third kappa shape index (κ3) is 10.1. The van der Waals surface area contributed by atoms with Crippen LogP contribution in [-0.2, 0) is 0 Å². The summed E-state index contributed by atoms with van der Waals surface area (Å²) < 4.78 is 23.0. The molecule has 0 heterocycles. The predicted octanol–water partition coefficient (Wildman–Crippen LogP) is 11.5. The predicted molar refractivity (Wildman–Crippen MR) is 282 cm³/mol. The highest BCUT2D eigenvalue weighted by Crippen LogP contribution is 2.54. The molecule has 0 aromatic heterocycles. The van der Waals surface area contributed by atoms with Crippen LogP contribution >= 0.6 is 11.8 Å². The van der Waals surface area contributed by atoms with Crippen LogP contribution in [0.1, 0.15) is 67.5 Å². The minimum atomic E-state index is -0.0532. The summed E-state index contributed by atoms with van der Waals surface area (Å²) in [5.74, 6) is 2.73. The van der Waals surface area contributed by atoms with Gasteiger partial charge in [-0.15, -0.1) is 0 Å². The van der Waals surface area contributed by atoms with Gasteiger partial charge in [-0.05, 0) is 151 Å². The Morgan fingerprint density at radius 2 is 0.620 bits per heavy atom. The topological polar surface area (TPSA) is 118 Å². The number of ether oxygens (including phenoxy) is 4. The first-order chi connectivity index (χ1) is 35.0. The number of hydrogen-bond donors (Lipinski definition) is 4. The maximum Gasteiger partial charge on any atom is 0.119 e. The Labute approximate surface area is 418 Å². The second-order valence-electron chi connectivity index (χ2n) is 17.2. The molecular weight excluding hydrogens is 905 g/mol. The quantitative estimate of drug-likeness (QED) is 0.0592. The van der Waals surface area contributed by atoms with Crippen LogP contribution in [-0.4, -0.2) is 73.3 Å². The molecule has 8 aromatic rings. The van der Waals surface area contributed by atoms with Gasteiger partial charge in [0.1, 0.15) is 49.4 Å². The second kappa shape index (κ2) is 22.2. The van der Waals surface area contributed by atoms with Gasteiger partial charge in [0, 0.05) is 21.6 Å². The van der Waals surface area contributed by atoms with E-state index in [1.165, 1.54) is 44.5 Å². The standard InChI is InChI=1S/C62H54O8S/c63-33-37-67-47-21-9-41(10-22-47)57-53-5-1-3-7-55(53)59(61(57)45-13-25-49(26-14-45)69-39-35-65)43-17-29-51(30-18-43)71-52-31-19-44(20-32-52)60-56-8-4-2-6-54(56)58(42-11-23-48(24-12-42)68-38-34-64)62(60)46-15-27-50(28-16-46)70-40-36-66/h1-32,59-60,63-66H,33-40H2. The molecule has 0 aliphatic heterocycles. The van der Waals surface area contributed by atoms with Crippen LogP contribution in [0.15, 0.2) is 204 Å². The first kappa shape index (κ1) is 47.3. The van der Waals surface area contributed by atoms with Crippen molar-refractivity contribution in [2.45, 2.75) is 21.6 Å². The van der Waals surface area contributed by atoms with Gasteiger partial charge < -0.3 is 39.4 Å². The smallest absolute Gasteiger partial charge is 0.119 e. The van der Waals surface area contributed by atoms with E-state index < -0.39 is 0 Å². The zero-order valence-electron chi connectivity index (χ0n) is 39.1. The summed E-state index contributed by atoms with van der Waals surface area (Å²) in [6.07, 6.45) is 0. The summed E-state index contributed by atoms with van der Waals surface area (Å²) >= 11 is 1.74. The third-order valence-electron chi connectivity index (χ3n) is 12.9. The molecule has 2 atom stereocenters. The largest absolute Gasteiger partial charge is 0.491 e.